The van der Waals surface area contributed by atoms with E-state index in [1.807, 2.05) is 4.72 Å². The summed E-state index contributed by atoms with van der Waals surface area (Å²) in [5.41, 5.74) is -0.917. The number of aryl methyl sites for hydroxylation is 1. The molecule has 2 atom stereocenters. The number of anilines is 2. The Morgan fingerprint density at radius 2 is 1.77 bits per heavy atom. The van der Waals surface area contributed by atoms with Crippen LogP contribution in [0.5, 0.6) is 11.6 Å². The van der Waals surface area contributed by atoms with Crippen LogP contribution >= 0.6 is 0 Å². The number of nitrogens with one attached hydrogen (secondary N) is 3. The van der Waals surface area contributed by atoms with Gasteiger partial charge in [0.05, 0.1) is 16.9 Å². The predicted octanol–water partition coefficient (Wildman–Crippen LogP) is 5.25. The number of alkyl halides is 1. The number of ether oxygens (including phenoxy) is 1. The van der Waals surface area contributed by atoms with Crippen molar-refractivity contribution in [1.82, 2.24) is 20.3 Å². The van der Waals surface area contributed by atoms with Gasteiger partial charge in [0.15, 0.2) is 11.6 Å². The minimum atomic E-state index is -4.56. The Morgan fingerprint density at radius 3 is 2.51 bits per heavy atom. The number of hydrogen-bond acceptors (Lipinski definition) is 8. The number of hydrogen-bond donors (Lipinski definition) is 3. The second-order valence-electron chi connectivity index (χ2n) is 9.82. The lowest BCUT2D eigenvalue weighted by Gasteiger charge is -2.26. The van der Waals surface area contributed by atoms with E-state index >= 15 is 8.78 Å². The van der Waals surface area contributed by atoms with Crippen LogP contribution in [-0.2, 0) is 15.8 Å². The zero-order valence-corrected chi connectivity index (χ0v) is 23.4. The van der Waals surface area contributed by atoms with E-state index in [0.29, 0.717) is 17.8 Å². The molecule has 1 fully saturated rings. The molecular weight excluding hydrogens is 595 g/mol. The molecule has 43 heavy (non-hydrogen) atoms. The third-order valence-electron chi connectivity index (χ3n) is 6.54. The SMILES string of the molecule is Cc1cc(NS(=O)(=O)Cc2c(F)cccc2F)c(F)c(F)c1Oc1ncccc1-c1ccnc(NC2CNC[C@@H](F)C2)n1. The minimum absolute atomic E-state index is 0.0131. The lowest BCUT2D eigenvalue weighted by Crippen LogP contribution is -2.44. The van der Waals surface area contributed by atoms with Crippen LogP contribution in [0.15, 0.2) is 54.9 Å². The zero-order valence-electron chi connectivity index (χ0n) is 22.5. The molecule has 2 aromatic heterocycles. The second kappa shape index (κ2) is 12.5. The molecule has 0 bridgehead atoms. The van der Waals surface area contributed by atoms with E-state index in [4.69, 9.17) is 4.74 Å². The summed E-state index contributed by atoms with van der Waals surface area (Å²) in [6, 6.07) is 8.27. The van der Waals surface area contributed by atoms with Gasteiger partial charge in [-0.15, -0.1) is 0 Å². The van der Waals surface area contributed by atoms with Crippen molar-refractivity contribution < 1.29 is 35.1 Å². The van der Waals surface area contributed by atoms with E-state index in [1.54, 1.807) is 18.2 Å². The number of pyridine rings is 1. The number of nitrogens with zero attached hydrogens (tertiary/aromatic N) is 3. The molecule has 0 aliphatic carbocycles. The average molecular weight is 621 g/mol. The Labute approximate surface area is 243 Å². The molecule has 226 valence electrons. The Morgan fingerprint density at radius 1 is 1.00 bits per heavy atom. The molecule has 1 aliphatic rings. The van der Waals surface area contributed by atoms with Crippen LogP contribution in [0.2, 0.25) is 0 Å². The largest absolute Gasteiger partial charge is 0.435 e. The lowest BCUT2D eigenvalue weighted by atomic mass is 10.1. The first-order valence-electron chi connectivity index (χ1n) is 13.0. The Bertz CT molecular complexity index is 1740. The van der Waals surface area contributed by atoms with Crippen molar-refractivity contribution in [2.75, 3.05) is 23.1 Å². The van der Waals surface area contributed by atoms with Crippen molar-refractivity contribution in [3.05, 3.63) is 89.3 Å². The first-order chi connectivity index (χ1) is 20.5. The number of sulfonamides is 1. The molecule has 3 N–H and O–H groups in total. The van der Waals surface area contributed by atoms with Crippen LogP contribution < -0.4 is 20.1 Å². The van der Waals surface area contributed by atoms with Gasteiger partial charge in [-0.3, -0.25) is 4.72 Å². The van der Waals surface area contributed by atoms with Crippen molar-refractivity contribution in [2.24, 2.45) is 0 Å². The molecule has 1 aliphatic heterocycles. The van der Waals surface area contributed by atoms with Crippen LogP contribution in [-0.4, -0.2) is 48.7 Å². The van der Waals surface area contributed by atoms with E-state index in [2.05, 4.69) is 25.6 Å². The van der Waals surface area contributed by atoms with Crippen LogP contribution in [0.25, 0.3) is 11.3 Å². The number of benzene rings is 2. The molecule has 0 radical (unpaired) electrons. The number of rotatable bonds is 9. The third-order valence-corrected chi connectivity index (χ3v) is 7.74. The van der Waals surface area contributed by atoms with Gasteiger partial charge >= 0.3 is 0 Å². The van der Waals surface area contributed by atoms with Gasteiger partial charge < -0.3 is 15.4 Å². The van der Waals surface area contributed by atoms with Gasteiger partial charge in [-0.1, -0.05) is 6.07 Å². The van der Waals surface area contributed by atoms with Gasteiger partial charge in [0.2, 0.25) is 27.7 Å². The summed E-state index contributed by atoms with van der Waals surface area (Å²) in [5.74, 6) is -6.98. The quantitative estimate of drug-likeness (QED) is 0.217. The highest BCUT2D eigenvalue weighted by atomic mass is 32.2. The van der Waals surface area contributed by atoms with Gasteiger partial charge in [0.1, 0.15) is 23.6 Å². The van der Waals surface area contributed by atoms with Crippen LogP contribution in [0, 0.1) is 30.2 Å². The van der Waals surface area contributed by atoms with Crippen molar-refractivity contribution in [2.45, 2.75) is 31.3 Å². The highest BCUT2D eigenvalue weighted by Gasteiger charge is 2.26. The normalized spacial score (nSPS) is 17.0. The van der Waals surface area contributed by atoms with E-state index in [1.165, 1.54) is 19.3 Å². The molecule has 0 amide bonds. The maximum atomic E-state index is 15.3. The Kier molecular flexibility index (Phi) is 8.73. The molecule has 3 heterocycles. The summed E-state index contributed by atoms with van der Waals surface area (Å²) in [4.78, 5) is 12.7. The first-order valence-corrected chi connectivity index (χ1v) is 14.7. The van der Waals surface area contributed by atoms with Gasteiger partial charge in [-0.25, -0.2) is 40.9 Å². The van der Waals surface area contributed by atoms with Gasteiger partial charge in [0, 0.05) is 43.5 Å². The van der Waals surface area contributed by atoms with Crippen molar-refractivity contribution in [1.29, 1.82) is 0 Å². The molecule has 9 nitrogen and oxygen atoms in total. The van der Waals surface area contributed by atoms with E-state index < -0.39 is 62.2 Å². The molecular formula is C28H25F5N6O3S. The molecule has 1 unspecified atom stereocenters. The molecule has 4 aromatic rings. The van der Waals surface area contributed by atoms with Crippen molar-refractivity contribution >= 4 is 21.7 Å². The second-order valence-corrected chi connectivity index (χ2v) is 11.5. The van der Waals surface area contributed by atoms with Gasteiger partial charge in [-0.2, -0.15) is 4.39 Å². The van der Waals surface area contributed by atoms with E-state index in [-0.39, 0.29) is 36.4 Å². The standard InChI is InChI=1S/C28H25F5N6O3S/c1-15-10-23(39-43(40,41)14-19-20(30)5-2-6-21(19)31)24(32)25(33)26(15)42-27-18(4-3-8-35-27)22-7-9-36-28(38-22)37-17-11-16(29)12-34-13-17/h2-10,16-17,34,39H,11-14H2,1H3,(H,36,37,38)/t16-,17?/m0/s1. The Hall–Kier alpha value is -4.37. The number of aromatic nitrogens is 3. The lowest BCUT2D eigenvalue weighted by molar-refractivity contribution is 0.254. The van der Waals surface area contributed by atoms with Crippen LogP contribution in [0.3, 0.4) is 0 Å². The molecule has 2 aromatic carbocycles. The fraction of sp³-hybridized carbons (Fsp3) is 0.250. The van der Waals surface area contributed by atoms with Crippen LogP contribution in [0.1, 0.15) is 17.5 Å². The molecule has 15 heteroatoms. The van der Waals surface area contributed by atoms with Crippen LogP contribution in [0.4, 0.5) is 33.6 Å². The summed E-state index contributed by atoms with van der Waals surface area (Å²) in [6.07, 6.45) is 2.09. The van der Waals surface area contributed by atoms with E-state index in [0.717, 1.165) is 24.3 Å². The summed E-state index contributed by atoms with van der Waals surface area (Å²) in [7, 11) is -4.56. The Balaban J connectivity index is 1.39. The highest BCUT2D eigenvalue weighted by Crippen LogP contribution is 2.37. The fourth-order valence-corrected chi connectivity index (χ4v) is 5.74. The summed E-state index contributed by atoms with van der Waals surface area (Å²) >= 11 is 0. The first kappa shape index (κ1) is 30.1. The monoisotopic (exact) mass is 620 g/mol. The summed E-state index contributed by atoms with van der Waals surface area (Å²) in [5, 5.41) is 6.05. The smallest absolute Gasteiger partial charge is 0.237 e. The third kappa shape index (κ3) is 7.00. The topological polar surface area (TPSA) is 118 Å². The number of halogens is 5. The summed E-state index contributed by atoms with van der Waals surface area (Å²) in [6.45, 7) is 2.13. The molecule has 5 rings (SSSR count). The number of piperidine rings is 1. The maximum Gasteiger partial charge on any atom is 0.237 e. The van der Waals surface area contributed by atoms with E-state index in [9.17, 15) is 21.6 Å². The molecule has 1 saturated heterocycles. The van der Waals surface area contributed by atoms with Gasteiger partial charge in [-0.05, 0) is 48.9 Å². The van der Waals surface area contributed by atoms with Crippen molar-refractivity contribution in [3.8, 4) is 22.9 Å². The predicted molar refractivity (Wildman–Crippen MR) is 149 cm³/mol. The summed E-state index contributed by atoms with van der Waals surface area (Å²) < 4.78 is 105. The highest BCUT2D eigenvalue weighted by molar-refractivity contribution is 7.91. The maximum absolute atomic E-state index is 15.3. The minimum Gasteiger partial charge on any atom is -0.435 e. The zero-order chi connectivity index (χ0) is 30.7. The fourth-order valence-electron chi connectivity index (χ4n) is 4.52. The average Bonchev–Trinajstić information content (AvgIpc) is 2.96. The van der Waals surface area contributed by atoms with Gasteiger partial charge in [0.25, 0.3) is 0 Å². The van der Waals surface area contributed by atoms with Crippen molar-refractivity contribution in [3.63, 3.8) is 0 Å². The molecule has 0 saturated carbocycles. The molecule has 0 spiro atoms.